The van der Waals surface area contributed by atoms with Gasteiger partial charge in [0.25, 0.3) is 5.91 Å². The second-order valence-corrected chi connectivity index (χ2v) is 4.99. The summed E-state index contributed by atoms with van der Waals surface area (Å²) < 4.78 is 7.00. The number of benzene rings is 1. The molecule has 0 unspecified atom stereocenters. The maximum atomic E-state index is 12.0. The predicted octanol–water partition coefficient (Wildman–Crippen LogP) is 2.75. The molecule has 0 aliphatic rings. The van der Waals surface area contributed by atoms with Crippen LogP contribution in [0.3, 0.4) is 0 Å². The number of rotatable bonds is 2. The fourth-order valence-electron chi connectivity index (χ4n) is 1.54. The molecule has 0 N–H and O–H groups in total. The van der Waals surface area contributed by atoms with E-state index in [0.29, 0.717) is 5.56 Å². The van der Waals surface area contributed by atoms with Crippen molar-refractivity contribution in [3.05, 3.63) is 48.3 Å². The average Bonchev–Trinajstić information content (AvgIpc) is 2.80. The van der Waals surface area contributed by atoms with E-state index in [4.69, 9.17) is 4.74 Å². The highest BCUT2D eigenvalue weighted by atomic mass is 16.5. The quantitative estimate of drug-likeness (QED) is 0.815. The Balaban J connectivity index is 2.15. The van der Waals surface area contributed by atoms with Crippen LogP contribution in [0.2, 0.25) is 0 Å². The fourth-order valence-corrected chi connectivity index (χ4v) is 1.54. The fraction of sp³-hybridized carbons (Fsp3) is 0.286. The first-order chi connectivity index (χ1) is 8.46. The van der Waals surface area contributed by atoms with Gasteiger partial charge in [-0.2, -0.15) is 5.10 Å². The standard InChI is InChI=1S/C14H16N2O2/c1-14(2,3)18-12-7-5-11(6-8-12)13(17)16-10-4-9-15-16/h4-10H,1-3H3. The van der Waals surface area contributed by atoms with Crippen LogP contribution < -0.4 is 4.74 Å². The largest absolute Gasteiger partial charge is 0.488 e. The summed E-state index contributed by atoms with van der Waals surface area (Å²) in [6.45, 7) is 5.95. The van der Waals surface area contributed by atoms with E-state index in [0.717, 1.165) is 5.75 Å². The second-order valence-electron chi connectivity index (χ2n) is 4.99. The number of hydrogen-bond acceptors (Lipinski definition) is 3. The highest BCUT2D eigenvalue weighted by Crippen LogP contribution is 2.18. The van der Waals surface area contributed by atoms with E-state index < -0.39 is 0 Å². The number of carbonyl (C=O) groups is 1. The normalized spacial score (nSPS) is 11.3. The monoisotopic (exact) mass is 244 g/mol. The smallest absolute Gasteiger partial charge is 0.278 e. The SMILES string of the molecule is CC(C)(C)Oc1ccc(C(=O)n2cccn2)cc1. The van der Waals surface area contributed by atoms with Crippen LogP contribution in [0.1, 0.15) is 31.1 Å². The number of ether oxygens (including phenoxy) is 1. The van der Waals surface area contributed by atoms with Crippen molar-refractivity contribution in [3.63, 3.8) is 0 Å². The molecule has 0 saturated heterocycles. The van der Waals surface area contributed by atoms with Gasteiger partial charge in [-0.25, -0.2) is 4.68 Å². The molecule has 4 heteroatoms. The van der Waals surface area contributed by atoms with Gasteiger partial charge in [-0.15, -0.1) is 0 Å². The number of nitrogens with zero attached hydrogens (tertiary/aromatic N) is 2. The molecule has 0 radical (unpaired) electrons. The minimum absolute atomic E-state index is 0.151. The van der Waals surface area contributed by atoms with Crippen molar-refractivity contribution in [2.24, 2.45) is 0 Å². The first kappa shape index (κ1) is 12.4. The first-order valence-corrected chi connectivity index (χ1v) is 5.79. The van der Waals surface area contributed by atoms with Gasteiger partial charge in [0.15, 0.2) is 0 Å². The third-order valence-electron chi connectivity index (χ3n) is 2.24. The summed E-state index contributed by atoms with van der Waals surface area (Å²) >= 11 is 0. The van der Waals surface area contributed by atoms with Gasteiger partial charge in [0.05, 0.1) is 0 Å². The summed E-state index contributed by atoms with van der Waals surface area (Å²) in [5.74, 6) is 0.599. The molecule has 0 spiro atoms. The molecule has 0 bridgehead atoms. The van der Waals surface area contributed by atoms with Crippen LogP contribution in [-0.4, -0.2) is 21.3 Å². The molecule has 2 aromatic rings. The summed E-state index contributed by atoms with van der Waals surface area (Å²) in [7, 11) is 0. The number of carbonyl (C=O) groups excluding carboxylic acids is 1. The van der Waals surface area contributed by atoms with Gasteiger partial charge in [-0.05, 0) is 51.1 Å². The lowest BCUT2D eigenvalue weighted by Crippen LogP contribution is -2.23. The molecular formula is C14H16N2O2. The highest BCUT2D eigenvalue weighted by molar-refractivity contribution is 5.95. The Labute approximate surface area is 106 Å². The average molecular weight is 244 g/mol. The van der Waals surface area contributed by atoms with Crippen LogP contribution in [0.15, 0.2) is 42.7 Å². The highest BCUT2D eigenvalue weighted by Gasteiger charge is 2.13. The molecule has 1 aromatic heterocycles. The van der Waals surface area contributed by atoms with Crippen molar-refractivity contribution in [2.75, 3.05) is 0 Å². The zero-order chi connectivity index (χ0) is 13.2. The van der Waals surface area contributed by atoms with Crippen LogP contribution in [0, 0.1) is 0 Å². The van der Waals surface area contributed by atoms with Crippen LogP contribution in [-0.2, 0) is 0 Å². The Kier molecular flexibility index (Phi) is 3.19. The van der Waals surface area contributed by atoms with E-state index in [-0.39, 0.29) is 11.5 Å². The third-order valence-corrected chi connectivity index (χ3v) is 2.24. The van der Waals surface area contributed by atoms with E-state index in [1.807, 2.05) is 20.8 Å². The lowest BCUT2D eigenvalue weighted by molar-refractivity contribution is 0.0945. The van der Waals surface area contributed by atoms with Crippen molar-refractivity contribution in [3.8, 4) is 5.75 Å². The molecule has 0 aliphatic heterocycles. The van der Waals surface area contributed by atoms with Gasteiger partial charge < -0.3 is 4.74 Å². The summed E-state index contributed by atoms with van der Waals surface area (Å²) in [5, 5.41) is 3.91. The topological polar surface area (TPSA) is 44.1 Å². The van der Waals surface area contributed by atoms with Crippen LogP contribution >= 0.6 is 0 Å². The molecular weight excluding hydrogens is 228 g/mol. The zero-order valence-electron chi connectivity index (χ0n) is 10.8. The van der Waals surface area contributed by atoms with Gasteiger partial charge in [-0.1, -0.05) is 0 Å². The first-order valence-electron chi connectivity index (χ1n) is 5.79. The van der Waals surface area contributed by atoms with Crippen molar-refractivity contribution in [1.82, 2.24) is 9.78 Å². The zero-order valence-corrected chi connectivity index (χ0v) is 10.8. The van der Waals surface area contributed by atoms with E-state index in [1.54, 1.807) is 42.7 Å². The Morgan fingerprint density at radius 1 is 1.22 bits per heavy atom. The van der Waals surface area contributed by atoms with Crippen molar-refractivity contribution >= 4 is 5.91 Å². The summed E-state index contributed by atoms with van der Waals surface area (Å²) in [5.41, 5.74) is 0.341. The molecule has 1 heterocycles. The lowest BCUT2D eigenvalue weighted by atomic mass is 10.1. The lowest BCUT2D eigenvalue weighted by Gasteiger charge is -2.21. The third kappa shape index (κ3) is 2.97. The number of aromatic nitrogens is 2. The molecule has 0 amide bonds. The summed E-state index contributed by atoms with van der Waals surface area (Å²) in [4.78, 5) is 12.0. The van der Waals surface area contributed by atoms with E-state index in [1.165, 1.54) is 4.68 Å². The summed E-state index contributed by atoms with van der Waals surface area (Å²) in [6.07, 6.45) is 3.21. The minimum Gasteiger partial charge on any atom is -0.488 e. The molecule has 2 rings (SSSR count). The molecule has 0 fully saturated rings. The Morgan fingerprint density at radius 2 is 1.89 bits per heavy atom. The van der Waals surface area contributed by atoms with Crippen molar-refractivity contribution in [2.45, 2.75) is 26.4 Å². The van der Waals surface area contributed by atoms with Crippen LogP contribution in [0.4, 0.5) is 0 Å². The van der Waals surface area contributed by atoms with E-state index in [9.17, 15) is 4.79 Å². The Bertz CT molecular complexity index is 522. The second kappa shape index (κ2) is 4.64. The maximum absolute atomic E-state index is 12.0. The maximum Gasteiger partial charge on any atom is 0.278 e. The number of hydrogen-bond donors (Lipinski definition) is 0. The Hall–Kier alpha value is -2.10. The Morgan fingerprint density at radius 3 is 2.39 bits per heavy atom. The molecule has 0 aliphatic carbocycles. The minimum atomic E-state index is -0.243. The van der Waals surface area contributed by atoms with Gasteiger partial charge in [0.2, 0.25) is 0 Å². The summed E-state index contributed by atoms with van der Waals surface area (Å²) in [6, 6.07) is 8.79. The van der Waals surface area contributed by atoms with Crippen LogP contribution in [0.5, 0.6) is 5.75 Å². The van der Waals surface area contributed by atoms with Gasteiger partial charge in [0.1, 0.15) is 11.4 Å². The molecule has 0 saturated carbocycles. The predicted molar refractivity (Wildman–Crippen MR) is 68.8 cm³/mol. The molecule has 4 nitrogen and oxygen atoms in total. The van der Waals surface area contributed by atoms with Crippen molar-refractivity contribution < 1.29 is 9.53 Å². The van der Waals surface area contributed by atoms with Crippen molar-refractivity contribution in [1.29, 1.82) is 0 Å². The van der Waals surface area contributed by atoms with E-state index in [2.05, 4.69) is 5.10 Å². The molecule has 0 atom stereocenters. The molecule has 94 valence electrons. The molecule has 1 aromatic carbocycles. The van der Waals surface area contributed by atoms with E-state index >= 15 is 0 Å². The van der Waals surface area contributed by atoms with Crippen LogP contribution in [0.25, 0.3) is 0 Å². The van der Waals surface area contributed by atoms with Gasteiger partial charge in [-0.3, -0.25) is 4.79 Å². The van der Waals surface area contributed by atoms with Gasteiger partial charge >= 0.3 is 0 Å². The molecule has 18 heavy (non-hydrogen) atoms. The van der Waals surface area contributed by atoms with Gasteiger partial charge in [0, 0.05) is 18.0 Å².